The molecule has 0 aliphatic carbocycles. The van der Waals surface area contributed by atoms with Crippen molar-refractivity contribution in [2.45, 2.75) is 26.3 Å². The third-order valence-corrected chi connectivity index (χ3v) is 2.22. The van der Waals surface area contributed by atoms with Crippen LogP contribution in [0, 0.1) is 0 Å². The van der Waals surface area contributed by atoms with E-state index in [1.54, 1.807) is 0 Å². The van der Waals surface area contributed by atoms with E-state index in [1.165, 1.54) is 6.92 Å². The first-order chi connectivity index (χ1) is 9.69. The van der Waals surface area contributed by atoms with Gasteiger partial charge in [-0.3, -0.25) is 0 Å². The predicted molar refractivity (Wildman–Crippen MR) is 59.7 cm³/mol. The molecule has 10 heteroatoms. The van der Waals surface area contributed by atoms with E-state index < -0.39 is 42.4 Å². The Morgan fingerprint density at radius 3 is 2.48 bits per heavy atom. The fourth-order valence-electron chi connectivity index (χ4n) is 1.44. The van der Waals surface area contributed by atoms with Crippen molar-refractivity contribution in [2.75, 3.05) is 6.61 Å². The van der Waals surface area contributed by atoms with Gasteiger partial charge in [-0.05, 0) is 13.0 Å². The number of esters is 1. The summed E-state index contributed by atoms with van der Waals surface area (Å²) >= 11 is 0. The summed E-state index contributed by atoms with van der Waals surface area (Å²) in [7, 11) is 0. The predicted octanol–water partition coefficient (Wildman–Crippen LogP) is 2.55. The van der Waals surface area contributed by atoms with Gasteiger partial charge in [0.1, 0.15) is 5.69 Å². The lowest BCUT2D eigenvalue weighted by Gasteiger charge is -2.15. The average molecular weight is 314 g/mol. The molecule has 118 valence electrons. The minimum absolute atomic E-state index is 0.0602. The van der Waals surface area contributed by atoms with Crippen molar-refractivity contribution in [1.29, 1.82) is 0 Å². The van der Waals surface area contributed by atoms with Crippen LogP contribution < -0.4 is 10.5 Å². The molecule has 0 unspecified atom stereocenters. The molecule has 0 saturated carbocycles. The number of carbonyl (C=O) groups excluding carboxylic acids is 1. The van der Waals surface area contributed by atoms with Crippen molar-refractivity contribution in [1.82, 2.24) is 4.98 Å². The van der Waals surface area contributed by atoms with Crippen molar-refractivity contribution in [3.63, 3.8) is 0 Å². The summed E-state index contributed by atoms with van der Waals surface area (Å²) in [4.78, 5) is 14.8. The molecule has 0 radical (unpaired) electrons. The highest BCUT2D eigenvalue weighted by Gasteiger charge is 2.35. The number of hydrogen-bond acceptors (Lipinski definition) is 5. The number of hydrogen-bond donors (Lipinski definition) is 1. The van der Waals surface area contributed by atoms with E-state index in [2.05, 4.69) is 14.5 Å². The van der Waals surface area contributed by atoms with Crippen LogP contribution in [0.1, 0.15) is 35.1 Å². The first-order valence-corrected chi connectivity index (χ1v) is 5.64. The minimum Gasteiger partial charge on any atom is -0.461 e. The van der Waals surface area contributed by atoms with Gasteiger partial charge in [-0.1, -0.05) is 0 Å². The monoisotopic (exact) mass is 314 g/mol. The lowest BCUT2D eigenvalue weighted by Crippen LogP contribution is -2.21. The lowest BCUT2D eigenvalue weighted by molar-refractivity contribution is -0.275. The fourth-order valence-corrected chi connectivity index (χ4v) is 1.44. The maximum Gasteiger partial charge on any atom is 0.573 e. The summed E-state index contributed by atoms with van der Waals surface area (Å²) < 4.78 is 70.2. The van der Waals surface area contributed by atoms with E-state index in [0.717, 1.165) is 0 Å². The summed E-state index contributed by atoms with van der Waals surface area (Å²) in [6.45, 7) is 1.00. The largest absolute Gasteiger partial charge is 0.573 e. The molecular weight excluding hydrogens is 303 g/mol. The third-order valence-electron chi connectivity index (χ3n) is 2.22. The zero-order valence-corrected chi connectivity index (χ0v) is 10.7. The molecule has 0 bridgehead atoms. The van der Waals surface area contributed by atoms with Gasteiger partial charge in [0.25, 0.3) is 6.43 Å². The van der Waals surface area contributed by atoms with Gasteiger partial charge in [-0.2, -0.15) is 0 Å². The van der Waals surface area contributed by atoms with Crippen LogP contribution in [0.15, 0.2) is 6.07 Å². The number of rotatable bonds is 5. The number of carbonyl (C=O) groups is 1. The van der Waals surface area contributed by atoms with Crippen LogP contribution in [-0.2, 0) is 11.3 Å². The van der Waals surface area contributed by atoms with Gasteiger partial charge in [-0.25, -0.2) is 18.6 Å². The van der Waals surface area contributed by atoms with Crippen LogP contribution in [0.25, 0.3) is 0 Å². The molecule has 0 aromatic carbocycles. The number of nitrogens with two attached hydrogens (primary N) is 1. The van der Waals surface area contributed by atoms with Crippen molar-refractivity contribution >= 4 is 5.97 Å². The molecule has 0 aliphatic rings. The Morgan fingerprint density at radius 1 is 1.43 bits per heavy atom. The van der Waals surface area contributed by atoms with Gasteiger partial charge in [0, 0.05) is 12.1 Å². The highest BCUT2D eigenvalue weighted by atomic mass is 19.4. The zero-order valence-electron chi connectivity index (χ0n) is 10.7. The molecule has 1 rings (SSSR count). The first kappa shape index (κ1) is 17.1. The smallest absolute Gasteiger partial charge is 0.461 e. The van der Waals surface area contributed by atoms with E-state index in [9.17, 15) is 26.7 Å². The molecule has 0 saturated heterocycles. The fraction of sp³-hybridized carbons (Fsp3) is 0.455. The Labute approximate surface area is 115 Å². The molecule has 1 aromatic heterocycles. The molecule has 0 aliphatic heterocycles. The Kier molecular flexibility index (Phi) is 5.41. The molecule has 0 amide bonds. The minimum atomic E-state index is -5.18. The topological polar surface area (TPSA) is 74.4 Å². The average Bonchev–Trinajstić information content (AvgIpc) is 2.36. The van der Waals surface area contributed by atoms with Gasteiger partial charge < -0.3 is 15.2 Å². The second kappa shape index (κ2) is 6.66. The summed E-state index contributed by atoms with van der Waals surface area (Å²) in [5, 5.41) is 0. The molecular formula is C11H11F5N2O3. The van der Waals surface area contributed by atoms with Gasteiger partial charge in [0.2, 0.25) is 0 Å². The van der Waals surface area contributed by atoms with Gasteiger partial charge in [-0.15, -0.1) is 13.2 Å². The highest BCUT2D eigenvalue weighted by molar-refractivity contribution is 5.89. The lowest BCUT2D eigenvalue weighted by atomic mass is 10.1. The third kappa shape index (κ3) is 4.52. The molecule has 1 heterocycles. The maximum absolute atomic E-state index is 12.8. The van der Waals surface area contributed by atoms with Crippen molar-refractivity contribution in [3.05, 3.63) is 23.0 Å². The molecule has 2 N–H and O–H groups in total. The Hall–Kier alpha value is -1.97. The normalized spacial score (nSPS) is 11.6. The second-order valence-electron chi connectivity index (χ2n) is 3.65. The molecule has 5 nitrogen and oxygen atoms in total. The van der Waals surface area contributed by atoms with E-state index in [1.807, 2.05) is 0 Å². The summed E-state index contributed by atoms with van der Waals surface area (Å²) in [6, 6.07) is 0.605. The molecule has 0 fully saturated rings. The van der Waals surface area contributed by atoms with Crippen molar-refractivity contribution in [3.8, 4) is 5.75 Å². The number of pyridine rings is 1. The van der Waals surface area contributed by atoms with Crippen molar-refractivity contribution < 1.29 is 36.2 Å². The van der Waals surface area contributed by atoms with Gasteiger partial charge in [0.15, 0.2) is 11.4 Å². The highest BCUT2D eigenvalue weighted by Crippen LogP contribution is 2.33. The summed E-state index contributed by atoms with van der Waals surface area (Å²) in [5.41, 5.74) is 3.20. The second-order valence-corrected chi connectivity index (χ2v) is 3.65. The van der Waals surface area contributed by atoms with E-state index >= 15 is 0 Å². The zero-order chi connectivity index (χ0) is 16.2. The van der Waals surface area contributed by atoms with Crippen LogP contribution in [0.5, 0.6) is 5.75 Å². The van der Waals surface area contributed by atoms with E-state index in [4.69, 9.17) is 5.73 Å². The standard InChI is InChI=1S/C11H11F5N2O3/c1-2-20-10(19)7-5(4-17)3-6(21-11(14,15)16)8(18-7)9(12)13/h3,9H,2,4,17H2,1H3. The van der Waals surface area contributed by atoms with E-state index in [0.29, 0.717) is 6.07 Å². The molecule has 0 spiro atoms. The first-order valence-electron chi connectivity index (χ1n) is 5.64. The van der Waals surface area contributed by atoms with Crippen LogP contribution in [0.4, 0.5) is 22.0 Å². The summed E-state index contributed by atoms with van der Waals surface area (Å²) in [6.07, 6.45) is -8.55. The van der Waals surface area contributed by atoms with Crippen LogP contribution >= 0.6 is 0 Å². The van der Waals surface area contributed by atoms with Gasteiger partial charge in [0.05, 0.1) is 6.61 Å². The van der Waals surface area contributed by atoms with Gasteiger partial charge >= 0.3 is 12.3 Å². The number of aromatic nitrogens is 1. The van der Waals surface area contributed by atoms with E-state index in [-0.39, 0.29) is 12.2 Å². The number of alkyl halides is 5. The number of nitrogens with zero attached hydrogens (tertiary/aromatic N) is 1. The SMILES string of the molecule is CCOC(=O)c1nc(C(F)F)c(OC(F)(F)F)cc1CN. The Morgan fingerprint density at radius 2 is 2.05 bits per heavy atom. The Bertz CT molecular complexity index is 519. The molecule has 21 heavy (non-hydrogen) atoms. The van der Waals surface area contributed by atoms with Crippen LogP contribution in [0.2, 0.25) is 0 Å². The quantitative estimate of drug-likeness (QED) is 0.668. The maximum atomic E-state index is 12.8. The Balaban J connectivity index is 3.37. The van der Waals surface area contributed by atoms with Crippen molar-refractivity contribution in [2.24, 2.45) is 5.73 Å². The van der Waals surface area contributed by atoms with Crippen LogP contribution in [0.3, 0.4) is 0 Å². The molecule has 1 aromatic rings. The molecule has 0 atom stereocenters. The number of ether oxygens (including phenoxy) is 2. The number of halogens is 5. The summed E-state index contributed by atoms with van der Waals surface area (Å²) in [5.74, 6) is -2.26. The van der Waals surface area contributed by atoms with Crippen LogP contribution in [-0.4, -0.2) is 23.9 Å².